The van der Waals surface area contributed by atoms with E-state index < -0.39 is 10.0 Å². The van der Waals surface area contributed by atoms with Crippen LogP contribution in [-0.4, -0.2) is 19.2 Å². The summed E-state index contributed by atoms with van der Waals surface area (Å²) in [5.41, 5.74) is 1.92. The average molecular weight is 368 g/mol. The van der Waals surface area contributed by atoms with Crippen LogP contribution in [0.4, 0.5) is 0 Å². The van der Waals surface area contributed by atoms with Crippen LogP contribution in [0.15, 0.2) is 70.7 Å². The summed E-state index contributed by atoms with van der Waals surface area (Å²) in [5, 5.41) is 16.0. The minimum atomic E-state index is -3.76. The summed E-state index contributed by atoms with van der Waals surface area (Å²) in [5.74, 6) is 0.0795. The fourth-order valence-electron chi connectivity index (χ4n) is 2.69. The molecule has 0 heterocycles. The van der Waals surface area contributed by atoms with Crippen LogP contribution in [-0.2, 0) is 16.4 Å². The molecule has 0 amide bonds. The van der Waals surface area contributed by atoms with Crippen molar-refractivity contribution in [1.82, 2.24) is 4.83 Å². The third-order valence-corrected chi connectivity index (χ3v) is 5.49. The van der Waals surface area contributed by atoms with Gasteiger partial charge in [-0.05, 0) is 42.5 Å². The molecule has 0 aliphatic heterocycles. The minimum absolute atomic E-state index is 0.0795. The smallest absolute Gasteiger partial charge is 0.276 e. The molecule has 5 nitrogen and oxygen atoms in total. The van der Waals surface area contributed by atoms with Crippen LogP contribution >= 0.6 is 0 Å². The van der Waals surface area contributed by atoms with Crippen molar-refractivity contribution in [3.63, 3.8) is 0 Å². The van der Waals surface area contributed by atoms with E-state index in [1.807, 2.05) is 31.2 Å². The Morgan fingerprint density at radius 3 is 2.42 bits per heavy atom. The van der Waals surface area contributed by atoms with Crippen molar-refractivity contribution in [3.8, 4) is 5.75 Å². The predicted octanol–water partition coefficient (Wildman–Crippen LogP) is 3.81. The summed E-state index contributed by atoms with van der Waals surface area (Å²) in [6.45, 7) is 3.65. The van der Waals surface area contributed by atoms with Gasteiger partial charge in [-0.2, -0.15) is 18.4 Å². The Morgan fingerprint density at radius 2 is 1.73 bits per heavy atom. The van der Waals surface area contributed by atoms with E-state index in [-0.39, 0.29) is 10.6 Å². The summed E-state index contributed by atoms with van der Waals surface area (Å²) in [6.07, 6.45) is 0.840. The van der Waals surface area contributed by atoms with Crippen LogP contribution in [0.2, 0.25) is 0 Å². The van der Waals surface area contributed by atoms with Gasteiger partial charge >= 0.3 is 0 Å². The molecule has 0 unspecified atom stereocenters. The maximum absolute atomic E-state index is 12.4. The molecule has 3 aromatic rings. The van der Waals surface area contributed by atoms with E-state index >= 15 is 0 Å². The Kier molecular flexibility index (Phi) is 4.95. The van der Waals surface area contributed by atoms with Crippen LogP contribution < -0.4 is 4.83 Å². The number of hydrogen-bond donors (Lipinski definition) is 2. The molecule has 0 radical (unpaired) electrons. The van der Waals surface area contributed by atoms with Crippen molar-refractivity contribution in [2.45, 2.75) is 25.2 Å². The lowest BCUT2D eigenvalue weighted by Crippen LogP contribution is -2.20. The number of aryl methyl sites for hydroxylation is 1. The summed E-state index contributed by atoms with van der Waals surface area (Å²) in [6, 6.07) is 17.7. The first-order valence-corrected chi connectivity index (χ1v) is 9.77. The molecule has 3 aromatic carbocycles. The monoisotopic (exact) mass is 368 g/mol. The van der Waals surface area contributed by atoms with Crippen molar-refractivity contribution in [2.75, 3.05) is 0 Å². The lowest BCUT2D eigenvalue weighted by Gasteiger charge is -2.09. The molecule has 0 saturated heterocycles. The Balaban J connectivity index is 1.89. The van der Waals surface area contributed by atoms with Gasteiger partial charge in [0.1, 0.15) is 5.75 Å². The molecule has 3 rings (SSSR count). The van der Waals surface area contributed by atoms with Crippen molar-refractivity contribution in [3.05, 3.63) is 71.8 Å². The molecule has 0 aliphatic rings. The molecule has 0 aliphatic carbocycles. The largest absolute Gasteiger partial charge is 0.507 e. The SMILES string of the molecule is CCc1ccc(S(=O)(=O)NN=C(C)c2ccc3ccccc3c2O)cc1. The second-order valence-corrected chi connectivity index (χ2v) is 7.63. The zero-order chi connectivity index (χ0) is 18.7. The number of phenols is 1. The first-order valence-electron chi connectivity index (χ1n) is 8.28. The molecule has 6 heteroatoms. The fraction of sp³-hybridized carbons (Fsp3) is 0.150. The minimum Gasteiger partial charge on any atom is -0.507 e. The molecule has 0 atom stereocenters. The first-order chi connectivity index (χ1) is 12.4. The van der Waals surface area contributed by atoms with Gasteiger partial charge in [0.15, 0.2) is 0 Å². The van der Waals surface area contributed by atoms with Gasteiger partial charge in [-0.15, -0.1) is 0 Å². The highest BCUT2D eigenvalue weighted by Gasteiger charge is 2.14. The molecular weight excluding hydrogens is 348 g/mol. The second kappa shape index (κ2) is 7.17. The third-order valence-electron chi connectivity index (χ3n) is 4.27. The molecular formula is C20H20N2O3S. The van der Waals surface area contributed by atoms with Crippen LogP contribution in [0.1, 0.15) is 25.0 Å². The van der Waals surface area contributed by atoms with Gasteiger partial charge in [0, 0.05) is 10.9 Å². The van der Waals surface area contributed by atoms with Gasteiger partial charge in [0.25, 0.3) is 10.0 Å². The molecule has 26 heavy (non-hydrogen) atoms. The predicted molar refractivity (Wildman–Crippen MR) is 104 cm³/mol. The summed E-state index contributed by atoms with van der Waals surface area (Å²) >= 11 is 0. The Hall–Kier alpha value is -2.86. The van der Waals surface area contributed by atoms with Crippen molar-refractivity contribution in [2.24, 2.45) is 5.10 Å². The molecule has 0 bridgehead atoms. The van der Waals surface area contributed by atoms with Gasteiger partial charge in [-0.3, -0.25) is 0 Å². The van der Waals surface area contributed by atoms with Crippen LogP contribution in [0.5, 0.6) is 5.75 Å². The highest BCUT2D eigenvalue weighted by molar-refractivity contribution is 7.89. The van der Waals surface area contributed by atoms with E-state index in [0.29, 0.717) is 16.7 Å². The average Bonchev–Trinajstić information content (AvgIpc) is 2.67. The van der Waals surface area contributed by atoms with Gasteiger partial charge in [0.2, 0.25) is 0 Å². The number of phenolic OH excluding ortho intramolecular Hbond substituents is 1. The van der Waals surface area contributed by atoms with Crippen molar-refractivity contribution >= 4 is 26.5 Å². The molecule has 2 N–H and O–H groups in total. The standard InChI is InChI=1S/C20H20N2O3S/c1-3-15-8-11-17(12-9-15)26(24,25)22-21-14(2)18-13-10-16-6-4-5-7-19(16)20(18)23/h4-13,22-23H,3H2,1-2H3. The number of aromatic hydroxyl groups is 1. The Labute approximate surface area is 153 Å². The Morgan fingerprint density at radius 1 is 1.04 bits per heavy atom. The molecule has 0 fully saturated rings. The number of nitrogens with one attached hydrogen (secondary N) is 1. The van der Waals surface area contributed by atoms with Gasteiger partial charge in [-0.1, -0.05) is 49.4 Å². The van der Waals surface area contributed by atoms with Gasteiger partial charge < -0.3 is 5.11 Å². The van der Waals surface area contributed by atoms with Gasteiger partial charge in [-0.25, -0.2) is 0 Å². The normalized spacial score (nSPS) is 12.3. The number of benzene rings is 3. The molecule has 134 valence electrons. The summed E-state index contributed by atoms with van der Waals surface area (Å²) in [7, 11) is -3.76. The highest BCUT2D eigenvalue weighted by atomic mass is 32.2. The van der Waals surface area contributed by atoms with E-state index in [0.717, 1.165) is 17.4 Å². The van der Waals surface area contributed by atoms with Crippen LogP contribution in [0.3, 0.4) is 0 Å². The van der Waals surface area contributed by atoms with Gasteiger partial charge in [0.05, 0.1) is 10.6 Å². The summed E-state index contributed by atoms with van der Waals surface area (Å²) < 4.78 is 24.8. The lowest BCUT2D eigenvalue weighted by molar-refractivity contribution is 0.480. The number of hydrogen-bond acceptors (Lipinski definition) is 4. The fourth-order valence-corrected chi connectivity index (χ4v) is 3.55. The number of nitrogens with zero attached hydrogens (tertiary/aromatic N) is 1. The molecule has 0 spiro atoms. The number of hydrazone groups is 1. The topological polar surface area (TPSA) is 78.8 Å². The van der Waals surface area contributed by atoms with E-state index in [9.17, 15) is 13.5 Å². The quantitative estimate of drug-likeness (QED) is 0.531. The maximum Gasteiger partial charge on any atom is 0.276 e. The third kappa shape index (κ3) is 3.55. The van der Waals surface area contributed by atoms with E-state index in [4.69, 9.17) is 0 Å². The number of rotatable bonds is 5. The van der Waals surface area contributed by atoms with E-state index in [1.165, 1.54) is 0 Å². The lowest BCUT2D eigenvalue weighted by atomic mass is 10.0. The number of sulfonamides is 1. The second-order valence-electron chi connectivity index (χ2n) is 5.97. The first kappa shape index (κ1) is 17.9. The zero-order valence-electron chi connectivity index (χ0n) is 14.6. The van der Waals surface area contributed by atoms with Crippen LogP contribution in [0.25, 0.3) is 10.8 Å². The van der Waals surface area contributed by atoms with Crippen molar-refractivity contribution in [1.29, 1.82) is 0 Å². The molecule has 0 saturated carbocycles. The summed E-state index contributed by atoms with van der Waals surface area (Å²) in [4.78, 5) is 2.38. The molecule has 0 aromatic heterocycles. The van der Waals surface area contributed by atoms with E-state index in [2.05, 4.69) is 9.93 Å². The zero-order valence-corrected chi connectivity index (χ0v) is 15.4. The Bertz CT molecular complexity index is 1070. The van der Waals surface area contributed by atoms with Crippen molar-refractivity contribution < 1.29 is 13.5 Å². The van der Waals surface area contributed by atoms with Crippen LogP contribution in [0, 0.1) is 0 Å². The maximum atomic E-state index is 12.4. The van der Waals surface area contributed by atoms with E-state index in [1.54, 1.807) is 43.3 Å². The number of fused-ring (bicyclic) bond motifs is 1. The highest BCUT2D eigenvalue weighted by Crippen LogP contribution is 2.29.